The highest BCUT2D eigenvalue weighted by molar-refractivity contribution is 7.99. The molecule has 7 nitrogen and oxygen atoms in total. The maximum Gasteiger partial charge on any atom is 0.323 e. The number of benzene rings is 1. The fourth-order valence-corrected chi connectivity index (χ4v) is 5.04. The van der Waals surface area contributed by atoms with Crippen LogP contribution in [0.1, 0.15) is 18.4 Å². The van der Waals surface area contributed by atoms with E-state index in [4.69, 9.17) is 0 Å². The second kappa shape index (κ2) is 12.1. The zero-order valence-corrected chi connectivity index (χ0v) is 18.1. The Morgan fingerprint density at radius 2 is 2.00 bits per heavy atom. The summed E-state index contributed by atoms with van der Waals surface area (Å²) in [4.78, 5) is 37.6. The van der Waals surface area contributed by atoms with Crippen LogP contribution in [0.5, 0.6) is 0 Å². The van der Waals surface area contributed by atoms with Crippen molar-refractivity contribution in [3.05, 3.63) is 35.9 Å². The van der Waals surface area contributed by atoms with E-state index in [0.717, 1.165) is 17.7 Å². The third-order valence-electron chi connectivity index (χ3n) is 4.84. The highest BCUT2D eigenvalue weighted by atomic mass is 32.2. The average molecular weight is 441 g/mol. The van der Waals surface area contributed by atoms with Gasteiger partial charge in [0.05, 0.1) is 6.04 Å². The molecule has 1 aliphatic heterocycles. The van der Waals surface area contributed by atoms with Crippen LogP contribution in [0, 0.1) is 0 Å². The van der Waals surface area contributed by atoms with Gasteiger partial charge in [0.15, 0.2) is 0 Å². The lowest BCUT2D eigenvalue weighted by atomic mass is 10.0. The number of hydrogen-bond acceptors (Lipinski definition) is 6. The van der Waals surface area contributed by atoms with Crippen LogP contribution in [0.15, 0.2) is 30.3 Å². The summed E-state index contributed by atoms with van der Waals surface area (Å²) in [6.07, 6.45) is 3.62. The van der Waals surface area contributed by atoms with Crippen LogP contribution in [0.3, 0.4) is 0 Å². The minimum Gasteiger partial charge on any atom is -0.480 e. The van der Waals surface area contributed by atoms with Crippen molar-refractivity contribution in [2.45, 2.75) is 37.4 Å². The molecule has 1 heterocycles. The summed E-state index contributed by atoms with van der Waals surface area (Å²) in [6, 6.07) is 7.85. The second-order valence-electron chi connectivity index (χ2n) is 6.97. The van der Waals surface area contributed by atoms with E-state index in [1.165, 1.54) is 4.90 Å². The lowest BCUT2D eigenvalue weighted by molar-refractivity contribution is -0.147. The summed E-state index contributed by atoms with van der Waals surface area (Å²) < 4.78 is 0. The Labute approximate surface area is 179 Å². The number of carboxylic acid groups (broad SMARTS) is 2. The first-order valence-electron chi connectivity index (χ1n) is 9.54. The van der Waals surface area contributed by atoms with Crippen molar-refractivity contribution in [3.63, 3.8) is 0 Å². The summed E-state index contributed by atoms with van der Waals surface area (Å²) >= 11 is 3.22. The standard InChI is InChI=1S/C20H28N2O5S2/c1-28-10-9-15-12-29-13-17(19(25)22(15)11-18(23)24)21-16(20(26)27)8-7-14-5-3-2-4-6-14/h2-6,15-17,21H,7-13H2,1H3,(H,23,24)(H,26,27). The van der Waals surface area contributed by atoms with Gasteiger partial charge in [0.2, 0.25) is 5.91 Å². The molecule has 9 heteroatoms. The summed E-state index contributed by atoms with van der Waals surface area (Å²) in [6.45, 7) is -0.363. The van der Waals surface area contributed by atoms with Crippen molar-refractivity contribution in [2.24, 2.45) is 0 Å². The molecule has 1 saturated heterocycles. The van der Waals surface area contributed by atoms with Gasteiger partial charge < -0.3 is 15.1 Å². The third-order valence-corrected chi connectivity index (χ3v) is 6.68. The fraction of sp³-hybridized carbons (Fsp3) is 0.550. The topological polar surface area (TPSA) is 107 Å². The van der Waals surface area contributed by atoms with Gasteiger partial charge >= 0.3 is 11.9 Å². The van der Waals surface area contributed by atoms with Gasteiger partial charge in [0, 0.05) is 17.5 Å². The second-order valence-corrected chi connectivity index (χ2v) is 9.03. The van der Waals surface area contributed by atoms with Gasteiger partial charge in [-0.2, -0.15) is 23.5 Å². The Morgan fingerprint density at radius 1 is 1.28 bits per heavy atom. The minimum absolute atomic E-state index is 0.157. The van der Waals surface area contributed by atoms with Gasteiger partial charge in [0.1, 0.15) is 12.6 Å². The summed E-state index contributed by atoms with van der Waals surface area (Å²) in [5, 5.41) is 21.9. The Bertz CT molecular complexity index is 689. The maximum atomic E-state index is 13.1. The molecule has 160 valence electrons. The molecule has 1 aromatic carbocycles. The summed E-state index contributed by atoms with van der Waals surface area (Å²) in [7, 11) is 0. The lowest BCUT2D eigenvalue weighted by Crippen LogP contribution is -2.55. The highest BCUT2D eigenvalue weighted by Crippen LogP contribution is 2.22. The Balaban J connectivity index is 2.08. The molecular weight excluding hydrogens is 412 g/mol. The number of nitrogens with zero attached hydrogens (tertiary/aromatic N) is 1. The summed E-state index contributed by atoms with van der Waals surface area (Å²) in [5.41, 5.74) is 1.03. The molecule has 1 amide bonds. The van der Waals surface area contributed by atoms with E-state index >= 15 is 0 Å². The molecule has 3 N–H and O–H groups in total. The molecule has 3 atom stereocenters. The summed E-state index contributed by atoms with van der Waals surface area (Å²) in [5.74, 6) is -0.473. The van der Waals surface area contributed by atoms with Crippen LogP contribution < -0.4 is 5.32 Å². The monoisotopic (exact) mass is 440 g/mol. The smallest absolute Gasteiger partial charge is 0.323 e. The Hall–Kier alpha value is -1.71. The van der Waals surface area contributed by atoms with Crippen LogP contribution >= 0.6 is 23.5 Å². The first-order chi connectivity index (χ1) is 13.9. The molecule has 1 aliphatic rings. The predicted molar refractivity (Wildman–Crippen MR) is 117 cm³/mol. The SMILES string of the molecule is CSCCC1CSCC(NC(CCc2ccccc2)C(=O)O)C(=O)N1CC(=O)O. The van der Waals surface area contributed by atoms with Crippen LogP contribution in [0.25, 0.3) is 0 Å². The number of amides is 1. The van der Waals surface area contributed by atoms with Gasteiger partial charge in [-0.25, -0.2) is 0 Å². The van der Waals surface area contributed by atoms with Crippen molar-refractivity contribution < 1.29 is 24.6 Å². The van der Waals surface area contributed by atoms with Crippen LogP contribution in [0.2, 0.25) is 0 Å². The van der Waals surface area contributed by atoms with Crippen molar-refractivity contribution in [3.8, 4) is 0 Å². The number of rotatable bonds is 11. The molecule has 3 unspecified atom stereocenters. The van der Waals surface area contributed by atoms with Gasteiger partial charge in [-0.15, -0.1) is 0 Å². The highest BCUT2D eigenvalue weighted by Gasteiger charge is 2.36. The molecule has 0 saturated carbocycles. The third kappa shape index (κ3) is 7.56. The Morgan fingerprint density at radius 3 is 2.62 bits per heavy atom. The van der Waals surface area contributed by atoms with Crippen molar-refractivity contribution in [1.82, 2.24) is 10.2 Å². The average Bonchev–Trinajstić information content (AvgIpc) is 2.83. The molecule has 0 aromatic heterocycles. The number of carbonyl (C=O) groups is 3. The maximum absolute atomic E-state index is 13.1. The van der Waals surface area contributed by atoms with Crippen LogP contribution in [-0.4, -0.2) is 81.1 Å². The molecule has 29 heavy (non-hydrogen) atoms. The van der Waals surface area contributed by atoms with E-state index in [-0.39, 0.29) is 18.5 Å². The van der Waals surface area contributed by atoms with E-state index in [0.29, 0.717) is 24.3 Å². The molecule has 0 aliphatic carbocycles. The Kier molecular flexibility index (Phi) is 9.83. The molecular formula is C20H28N2O5S2. The first kappa shape index (κ1) is 23.6. The number of hydrogen-bond donors (Lipinski definition) is 3. The number of thioether (sulfide) groups is 2. The number of carbonyl (C=O) groups excluding carboxylic acids is 1. The van der Waals surface area contributed by atoms with E-state index in [1.54, 1.807) is 23.5 Å². The molecule has 0 bridgehead atoms. The number of aliphatic carboxylic acids is 2. The predicted octanol–water partition coefficient (Wildman–Crippen LogP) is 1.81. The normalized spacial score (nSPS) is 20.9. The number of nitrogens with one attached hydrogen (secondary N) is 1. The largest absolute Gasteiger partial charge is 0.480 e. The van der Waals surface area contributed by atoms with Crippen LogP contribution in [0.4, 0.5) is 0 Å². The molecule has 2 rings (SSSR count). The molecule has 1 aromatic rings. The molecule has 0 spiro atoms. The van der Waals surface area contributed by atoms with E-state index in [1.807, 2.05) is 36.6 Å². The molecule has 0 radical (unpaired) electrons. The van der Waals surface area contributed by atoms with E-state index in [9.17, 15) is 24.6 Å². The van der Waals surface area contributed by atoms with Crippen molar-refractivity contribution >= 4 is 41.4 Å². The van der Waals surface area contributed by atoms with Gasteiger partial charge in [-0.05, 0) is 36.8 Å². The number of aryl methyl sites for hydroxylation is 1. The van der Waals surface area contributed by atoms with Crippen molar-refractivity contribution in [2.75, 3.05) is 30.1 Å². The number of carboxylic acids is 2. The van der Waals surface area contributed by atoms with Crippen molar-refractivity contribution in [1.29, 1.82) is 0 Å². The van der Waals surface area contributed by atoms with Gasteiger partial charge in [0.25, 0.3) is 0 Å². The van der Waals surface area contributed by atoms with Gasteiger partial charge in [-0.3, -0.25) is 19.7 Å². The van der Waals surface area contributed by atoms with E-state index in [2.05, 4.69) is 5.32 Å². The molecule has 1 fully saturated rings. The quantitative estimate of drug-likeness (QED) is 0.478. The zero-order chi connectivity index (χ0) is 21.2. The fourth-order valence-electron chi connectivity index (χ4n) is 3.31. The van der Waals surface area contributed by atoms with Crippen LogP contribution in [-0.2, 0) is 20.8 Å². The van der Waals surface area contributed by atoms with Gasteiger partial charge in [-0.1, -0.05) is 30.3 Å². The minimum atomic E-state index is -1.06. The zero-order valence-electron chi connectivity index (χ0n) is 16.5. The lowest BCUT2D eigenvalue weighted by Gasteiger charge is -2.31. The first-order valence-corrected chi connectivity index (χ1v) is 12.1. The van der Waals surface area contributed by atoms with E-state index < -0.39 is 24.0 Å².